The zero-order valence-corrected chi connectivity index (χ0v) is 15.6. The minimum atomic E-state index is -0.231. The number of ketones is 1. The molecule has 0 bridgehead atoms. The first kappa shape index (κ1) is 19.4. The fraction of sp³-hybridized carbons (Fsp3) is 0.286. The van der Waals surface area contributed by atoms with Crippen molar-refractivity contribution in [2.24, 2.45) is 0 Å². The number of hydrogen-bond donors (Lipinski definition) is 2. The summed E-state index contributed by atoms with van der Waals surface area (Å²) in [6, 6.07) is 10.9. The molecule has 2 amide bonds. The first-order valence-corrected chi connectivity index (χ1v) is 8.55. The van der Waals surface area contributed by atoms with Crippen LogP contribution in [0.5, 0.6) is 0 Å². The van der Waals surface area contributed by atoms with Gasteiger partial charge >= 0.3 is 0 Å². The molecule has 0 saturated carbocycles. The van der Waals surface area contributed by atoms with Crippen LogP contribution in [-0.2, 0) is 9.59 Å². The average Bonchev–Trinajstić information content (AvgIpc) is 2.58. The van der Waals surface area contributed by atoms with Crippen molar-refractivity contribution in [1.29, 1.82) is 0 Å². The number of carbonyl (C=O) groups excluding carboxylic acids is 3. The molecule has 0 fully saturated rings. The van der Waals surface area contributed by atoms with Gasteiger partial charge in [-0.15, -0.1) is 0 Å². The number of aryl methyl sites for hydroxylation is 2. The number of rotatable bonds is 6. The molecule has 0 heterocycles. The smallest absolute Gasteiger partial charge is 0.224 e. The van der Waals surface area contributed by atoms with Crippen LogP contribution in [0.4, 0.5) is 11.4 Å². The van der Waals surface area contributed by atoms with Crippen molar-refractivity contribution in [2.75, 3.05) is 10.6 Å². The van der Waals surface area contributed by atoms with Crippen LogP contribution in [0.2, 0.25) is 0 Å². The van der Waals surface area contributed by atoms with E-state index in [1.54, 1.807) is 24.3 Å². The van der Waals surface area contributed by atoms with Crippen molar-refractivity contribution in [1.82, 2.24) is 0 Å². The van der Waals surface area contributed by atoms with Gasteiger partial charge in [0.25, 0.3) is 0 Å². The Morgan fingerprint density at radius 2 is 1.50 bits per heavy atom. The third-order valence-corrected chi connectivity index (χ3v) is 4.33. The van der Waals surface area contributed by atoms with E-state index in [2.05, 4.69) is 10.6 Å². The van der Waals surface area contributed by atoms with Crippen LogP contribution in [0, 0.1) is 20.8 Å². The highest BCUT2D eigenvalue weighted by atomic mass is 16.2. The maximum absolute atomic E-state index is 12.3. The molecule has 2 rings (SSSR count). The maximum atomic E-state index is 12.3. The molecule has 0 spiro atoms. The summed E-state index contributed by atoms with van der Waals surface area (Å²) in [6.45, 7) is 7.21. The second-order valence-electron chi connectivity index (χ2n) is 6.43. The van der Waals surface area contributed by atoms with Crippen molar-refractivity contribution in [3.8, 4) is 0 Å². The predicted molar refractivity (Wildman–Crippen MR) is 104 cm³/mol. The Balaban J connectivity index is 1.97. The van der Waals surface area contributed by atoms with Gasteiger partial charge in [-0.3, -0.25) is 14.4 Å². The highest BCUT2D eigenvalue weighted by Crippen LogP contribution is 2.23. The van der Waals surface area contributed by atoms with Crippen LogP contribution >= 0.6 is 0 Å². The molecule has 0 aliphatic rings. The lowest BCUT2D eigenvalue weighted by molar-refractivity contribution is -0.116. The zero-order valence-electron chi connectivity index (χ0n) is 15.6. The SMILES string of the molecule is CC(=O)Nc1cccc(NC(=O)CCC(=O)c2ccc(C)c(C)c2)c1C. The van der Waals surface area contributed by atoms with Crippen LogP contribution in [0.25, 0.3) is 0 Å². The second-order valence-corrected chi connectivity index (χ2v) is 6.43. The van der Waals surface area contributed by atoms with Crippen molar-refractivity contribution in [3.63, 3.8) is 0 Å². The van der Waals surface area contributed by atoms with Crippen LogP contribution in [0.15, 0.2) is 36.4 Å². The Morgan fingerprint density at radius 3 is 2.12 bits per heavy atom. The first-order chi connectivity index (χ1) is 12.3. The van der Waals surface area contributed by atoms with Crippen LogP contribution in [0.3, 0.4) is 0 Å². The minimum Gasteiger partial charge on any atom is -0.326 e. The molecular formula is C21H24N2O3. The van der Waals surface area contributed by atoms with Crippen molar-refractivity contribution in [2.45, 2.75) is 40.5 Å². The maximum Gasteiger partial charge on any atom is 0.224 e. The van der Waals surface area contributed by atoms with E-state index in [0.717, 1.165) is 16.7 Å². The predicted octanol–water partition coefficient (Wildman–Crippen LogP) is 4.17. The Bertz CT molecular complexity index is 856. The molecule has 2 aromatic carbocycles. The van der Waals surface area contributed by atoms with Gasteiger partial charge in [-0.2, -0.15) is 0 Å². The molecule has 0 radical (unpaired) electrons. The van der Waals surface area contributed by atoms with Gasteiger partial charge in [-0.25, -0.2) is 0 Å². The number of nitrogens with one attached hydrogen (secondary N) is 2. The third kappa shape index (κ3) is 5.02. The number of amides is 2. The molecule has 0 aromatic heterocycles. The molecule has 5 nitrogen and oxygen atoms in total. The number of hydrogen-bond acceptors (Lipinski definition) is 3. The number of carbonyl (C=O) groups is 3. The highest BCUT2D eigenvalue weighted by Gasteiger charge is 2.12. The normalized spacial score (nSPS) is 10.3. The summed E-state index contributed by atoms with van der Waals surface area (Å²) in [5.41, 5.74) is 4.88. The molecule has 0 unspecified atom stereocenters. The lowest BCUT2D eigenvalue weighted by Gasteiger charge is -2.12. The summed E-state index contributed by atoms with van der Waals surface area (Å²) >= 11 is 0. The second kappa shape index (κ2) is 8.43. The van der Waals surface area contributed by atoms with Gasteiger partial charge in [0, 0.05) is 36.7 Å². The van der Waals surface area contributed by atoms with Crippen molar-refractivity contribution >= 4 is 29.0 Å². The van der Waals surface area contributed by atoms with Gasteiger partial charge in [-0.1, -0.05) is 18.2 Å². The van der Waals surface area contributed by atoms with E-state index < -0.39 is 0 Å². The van der Waals surface area contributed by atoms with E-state index in [9.17, 15) is 14.4 Å². The topological polar surface area (TPSA) is 75.3 Å². The summed E-state index contributed by atoms with van der Waals surface area (Å²) < 4.78 is 0. The summed E-state index contributed by atoms with van der Waals surface area (Å²) in [5, 5.41) is 5.53. The quantitative estimate of drug-likeness (QED) is 0.766. The monoisotopic (exact) mass is 352 g/mol. The third-order valence-electron chi connectivity index (χ3n) is 4.33. The summed E-state index contributed by atoms with van der Waals surface area (Å²) in [6.07, 6.45) is 0.258. The number of Topliss-reactive ketones (excluding diaryl/α,β-unsaturated/α-hetero) is 1. The molecule has 2 aromatic rings. The van der Waals surface area contributed by atoms with Crippen LogP contribution in [0.1, 0.15) is 46.8 Å². The highest BCUT2D eigenvalue weighted by molar-refractivity contribution is 6.00. The lowest BCUT2D eigenvalue weighted by atomic mass is 10.0. The molecule has 2 N–H and O–H groups in total. The summed E-state index contributed by atoms with van der Waals surface area (Å²) in [5.74, 6) is -0.451. The molecule has 5 heteroatoms. The van der Waals surface area contributed by atoms with Crippen LogP contribution in [-0.4, -0.2) is 17.6 Å². The van der Waals surface area contributed by atoms with E-state index in [4.69, 9.17) is 0 Å². The Hall–Kier alpha value is -2.95. The minimum absolute atomic E-state index is 0.0491. The Morgan fingerprint density at radius 1 is 0.846 bits per heavy atom. The van der Waals surface area contributed by atoms with E-state index >= 15 is 0 Å². The van der Waals surface area contributed by atoms with Crippen molar-refractivity contribution < 1.29 is 14.4 Å². The van der Waals surface area contributed by atoms with Gasteiger partial charge in [-0.05, 0) is 55.7 Å². The number of anilines is 2. The Labute approximate surface area is 153 Å². The van der Waals surface area contributed by atoms with E-state index in [0.29, 0.717) is 16.9 Å². The molecule has 0 atom stereocenters. The standard InChI is InChI=1S/C21H24N2O3/c1-13-8-9-17(12-14(13)2)20(25)10-11-21(26)23-19-7-5-6-18(15(19)3)22-16(4)24/h5-9,12H,10-11H2,1-4H3,(H,22,24)(H,23,26). The van der Waals surface area contributed by atoms with E-state index in [1.165, 1.54) is 6.92 Å². The van der Waals surface area contributed by atoms with Gasteiger partial charge < -0.3 is 10.6 Å². The lowest BCUT2D eigenvalue weighted by Crippen LogP contribution is -2.15. The first-order valence-electron chi connectivity index (χ1n) is 8.55. The number of benzene rings is 2. The van der Waals surface area contributed by atoms with Gasteiger partial charge in [0.15, 0.2) is 5.78 Å². The zero-order chi connectivity index (χ0) is 19.3. The fourth-order valence-electron chi connectivity index (χ4n) is 2.60. The fourth-order valence-corrected chi connectivity index (χ4v) is 2.60. The average molecular weight is 352 g/mol. The van der Waals surface area contributed by atoms with Gasteiger partial charge in [0.1, 0.15) is 0 Å². The van der Waals surface area contributed by atoms with Crippen molar-refractivity contribution in [3.05, 3.63) is 58.7 Å². The van der Waals surface area contributed by atoms with Gasteiger partial charge in [0.2, 0.25) is 11.8 Å². The van der Waals surface area contributed by atoms with E-state index in [1.807, 2.05) is 32.9 Å². The molecule has 136 valence electrons. The van der Waals surface area contributed by atoms with Crippen LogP contribution < -0.4 is 10.6 Å². The molecular weight excluding hydrogens is 328 g/mol. The summed E-state index contributed by atoms with van der Waals surface area (Å²) in [7, 11) is 0. The van der Waals surface area contributed by atoms with Gasteiger partial charge in [0.05, 0.1) is 0 Å². The molecule has 0 saturated heterocycles. The Kier molecular flexibility index (Phi) is 6.28. The molecule has 0 aliphatic heterocycles. The largest absolute Gasteiger partial charge is 0.326 e. The summed E-state index contributed by atoms with van der Waals surface area (Å²) in [4.78, 5) is 35.7. The molecule has 0 aliphatic carbocycles. The molecule has 26 heavy (non-hydrogen) atoms. The van der Waals surface area contributed by atoms with E-state index in [-0.39, 0.29) is 30.4 Å².